The molecule has 4 unspecified atom stereocenters. The number of aliphatic hydroxyl groups excluding tert-OH is 2. The van der Waals surface area contributed by atoms with Crippen molar-refractivity contribution in [3.05, 3.63) is 40.4 Å². The molecular formula is C41H61F5N4O12. The molecule has 1 heterocycles. The van der Waals surface area contributed by atoms with E-state index in [-0.39, 0.29) is 38.4 Å². The van der Waals surface area contributed by atoms with Crippen LogP contribution in [0.4, 0.5) is 22.0 Å². The number of hydrazone groups is 1. The van der Waals surface area contributed by atoms with Gasteiger partial charge in [-0.15, -0.1) is 0 Å². The van der Waals surface area contributed by atoms with Crippen LogP contribution in [0, 0.1) is 35.0 Å². The summed E-state index contributed by atoms with van der Waals surface area (Å²) in [5.74, 6) is -9.31. The lowest BCUT2D eigenvalue weighted by Crippen LogP contribution is -2.51. The highest BCUT2D eigenvalue weighted by atomic mass is 19.2. The SMILES string of the molecule is CC(C)C(=O)OC1CC(CCCC/C(C=NCCOCCOCCOCCNC(CCOCCOCCC(=O)Oc2c(F)c(F)c(F)c(F)c2F)=C2CC2)=N/N)OC(CO)C1O. The summed E-state index contributed by atoms with van der Waals surface area (Å²) in [7, 11) is 0. The number of rotatable bonds is 32. The minimum Gasteiger partial charge on any atom is -0.459 e. The molecule has 1 saturated carbocycles. The van der Waals surface area contributed by atoms with Gasteiger partial charge in [-0.3, -0.25) is 14.6 Å². The number of nitrogens with zero attached hydrogens (tertiary/aromatic N) is 2. The van der Waals surface area contributed by atoms with Crippen LogP contribution in [-0.2, 0) is 42.7 Å². The largest absolute Gasteiger partial charge is 0.459 e. The molecule has 62 heavy (non-hydrogen) atoms. The van der Waals surface area contributed by atoms with Crippen molar-refractivity contribution in [2.75, 3.05) is 85.8 Å². The fourth-order valence-electron chi connectivity index (χ4n) is 5.95. The number of halogens is 5. The fraction of sp³-hybridized carbons (Fsp3) is 0.707. The van der Waals surface area contributed by atoms with Crippen LogP contribution in [0.2, 0.25) is 0 Å². The maximum atomic E-state index is 13.7. The Bertz CT molecular complexity index is 1590. The third kappa shape index (κ3) is 19.3. The number of carbonyl (C=O) groups excluding carboxylic acids is 2. The molecule has 5 N–H and O–H groups in total. The number of carbonyl (C=O) groups is 2. The number of ether oxygens (including phenoxy) is 8. The average Bonchev–Trinajstić information content (AvgIpc) is 4.11. The lowest BCUT2D eigenvalue weighted by Gasteiger charge is -2.38. The van der Waals surface area contributed by atoms with Crippen molar-refractivity contribution in [1.29, 1.82) is 0 Å². The molecule has 0 aromatic heterocycles. The highest BCUT2D eigenvalue weighted by Crippen LogP contribution is 2.32. The topological polar surface area (TPSA) is 211 Å². The number of esters is 2. The third-order valence-electron chi connectivity index (χ3n) is 9.48. The van der Waals surface area contributed by atoms with Crippen LogP contribution in [0.15, 0.2) is 21.4 Å². The van der Waals surface area contributed by atoms with Crippen LogP contribution in [0.25, 0.3) is 0 Å². The standard InChI is InChI=1S/C41H61F5N4O12/c1-26(2)41(54)61-31-23-29(60-32(25-51)39(31)53)6-4-3-5-28(50-47)24-48-11-15-57-19-21-59-22-20-58-16-12-49-30(27-7-8-27)9-13-55-17-18-56-14-10-33(52)62-40-37(45)35(43)34(42)36(44)38(40)46/h24,26,29,31-32,39,49,51,53H,3-23,25,47H2,1-2H3/b48-24?,50-28-. The van der Waals surface area contributed by atoms with E-state index in [1.54, 1.807) is 20.1 Å². The zero-order valence-electron chi connectivity index (χ0n) is 35.4. The Balaban J connectivity index is 1.11. The number of nitrogens with one attached hydrogen (secondary N) is 1. The van der Waals surface area contributed by atoms with Gasteiger partial charge in [0, 0.05) is 31.3 Å². The Morgan fingerprint density at radius 2 is 1.40 bits per heavy atom. The van der Waals surface area contributed by atoms with Gasteiger partial charge in [0.15, 0.2) is 0 Å². The Labute approximate surface area is 358 Å². The van der Waals surface area contributed by atoms with Gasteiger partial charge < -0.3 is 59.3 Å². The van der Waals surface area contributed by atoms with Crippen molar-refractivity contribution in [2.24, 2.45) is 21.9 Å². The molecule has 0 spiro atoms. The Morgan fingerprint density at radius 1 is 0.823 bits per heavy atom. The van der Waals surface area contributed by atoms with Crippen molar-refractivity contribution < 1.29 is 79.6 Å². The predicted molar refractivity (Wildman–Crippen MR) is 214 cm³/mol. The molecule has 1 aromatic carbocycles. The maximum absolute atomic E-state index is 13.7. The molecule has 3 rings (SSSR count). The molecule has 4 atom stereocenters. The second kappa shape index (κ2) is 29.5. The first kappa shape index (κ1) is 52.5. The van der Waals surface area contributed by atoms with Crippen molar-refractivity contribution in [3.8, 4) is 5.75 Å². The predicted octanol–water partition coefficient (Wildman–Crippen LogP) is 3.81. The summed E-state index contributed by atoms with van der Waals surface area (Å²) in [4.78, 5) is 28.2. The Hall–Kier alpha value is -3.83. The second-order valence-electron chi connectivity index (χ2n) is 14.7. The highest BCUT2D eigenvalue weighted by Gasteiger charge is 2.39. The molecule has 1 aliphatic heterocycles. The van der Waals surface area contributed by atoms with E-state index in [0.717, 1.165) is 31.4 Å². The lowest BCUT2D eigenvalue weighted by molar-refractivity contribution is -0.201. The normalized spacial score (nSPS) is 19.1. The number of aliphatic hydroxyl groups is 2. The minimum atomic E-state index is -2.35. The summed E-state index contributed by atoms with van der Waals surface area (Å²) in [6, 6.07) is 0. The third-order valence-corrected chi connectivity index (χ3v) is 9.48. The van der Waals surface area contributed by atoms with Gasteiger partial charge >= 0.3 is 11.9 Å². The number of allylic oxidation sites excluding steroid dienone is 1. The molecule has 21 heteroatoms. The number of hydrogen-bond acceptors (Lipinski definition) is 16. The molecule has 0 radical (unpaired) electrons. The van der Waals surface area contributed by atoms with Gasteiger partial charge in [-0.25, -0.2) is 13.2 Å². The van der Waals surface area contributed by atoms with Gasteiger partial charge in [-0.2, -0.15) is 13.9 Å². The first-order valence-electron chi connectivity index (χ1n) is 20.8. The van der Waals surface area contributed by atoms with E-state index in [9.17, 15) is 41.8 Å². The zero-order chi connectivity index (χ0) is 45.3. The lowest BCUT2D eigenvalue weighted by atomic mass is 9.94. The van der Waals surface area contributed by atoms with Gasteiger partial charge in [0.25, 0.3) is 0 Å². The number of unbranched alkanes of at least 4 members (excludes halogenated alkanes) is 1. The molecular weight excluding hydrogens is 835 g/mol. The van der Waals surface area contributed by atoms with E-state index in [0.29, 0.717) is 90.7 Å². The average molecular weight is 897 g/mol. The summed E-state index contributed by atoms with van der Waals surface area (Å²) in [5.41, 5.74) is 3.06. The van der Waals surface area contributed by atoms with Crippen LogP contribution in [-0.4, -0.2) is 144 Å². The highest BCUT2D eigenvalue weighted by molar-refractivity contribution is 6.30. The summed E-state index contributed by atoms with van der Waals surface area (Å²) in [6.07, 6.45) is 4.10. The number of benzene rings is 1. The van der Waals surface area contributed by atoms with Crippen LogP contribution in [0.5, 0.6) is 5.75 Å². The molecule has 2 aliphatic rings. The molecule has 1 aromatic rings. The maximum Gasteiger partial charge on any atom is 0.313 e. The summed E-state index contributed by atoms with van der Waals surface area (Å²) < 4.78 is 110. The van der Waals surface area contributed by atoms with Gasteiger partial charge in [0.2, 0.25) is 34.8 Å². The first-order valence-corrected chi connectivity index (χ1v) is 20.8. The van der Waals surface area contributed by atoms with E-state index in [1.807, 2.05) is 0 Å². The van der Waals surface area contributed by atoms with E-state index < -0.39 is 71.5 Å². The molecule has 0 bridgehead atoms. The summed E-state index contributed by atoms with van der Waals surface area (Å²) in [6.45, 7) is 7.13. The summed E-state index contributed by atoms with van der Waals surface area (Å²) >= 11 is 0. The van der Waals surface area contributed by atoms with Gasteiger partial charge in [-0.05, 0) is 32.1 Å². The van der Waals surface area contributed by atoms with Crippen molar-refractivity contribution in [2.45, 2.75) is 96.1 Å². The summed E-state index contributed by atoms with van der Waals surface area (Å²) in [5, 5.41) is 27.2. The fourth-order valence-corrected chi connectivity index (χ4v) is 5.95. The first-order chi connectivity index (χ1) is 29.9. The van der Waals surface area contributed by atoms with Crippen molar-refractivity contribution in [1.82, 2.24) is 5.32 Å². The van der Waals surface area contributed by atoms with Crippen molar-refractivity contribution >= 4 is 23.9 Å². The molecule has 1 saturated heterocycles. The molecule has 16 nitrogen and oxygen atoms in total. The van der Waals surface area contributed by atoms with Gasteiger partial charge in [0.05, 0.1) is 103 Å². The van der Waals surface area contributed by atoms with E-state index >= 15 is 0 Å². The minimum absolute atomic E-state index is 0.102. The van der Waals surface area contributed by atoms with E-state index in [1.165, 1.54) is 5.57 Å². The molecule has 1 aliphatic carbocycles. The molecule has 352 valence electrons. The molecule has 0 amide bonds. The van der Waals surface area contributed by atoms with Gasteiger partial charge in [0.1, 0.15) is 18.3 Å². The number of nitrogens with two attached hydrogens (primary N) is 1. The van der Waals surface area contributed by atoms with Crippen LogP contribution >= 0.6 is 0 Å². The Morgan fingerprint density at radius 3 is 2.00 bits per heavy atom. The van der Waals surface area contributed by atoms with E-state index in [4.69, 9.17) is 39.0 Å². The van der Waals surface area contributed by atoms with Crippen molar-refractivity contribution in [3.63, 3.8) is 0 Å². The van der Waals surface area contributed by atoms with Gasteiger partial charge in [-0.1, -0.05) is 25.8 Å². The number of aliphatic imine (C=N–C) groups is 1. The zero-order valence-corrected chi connectivity index (χ0v) is 35.4. The van der Waals surface area contributed by atoms with Crippen LogP contribution < -0.4 is 15.9 Å². The van der Waals surface area contributed by atoms with E-state index in [2.05, 4.69) is 20.1 Å². The quantitative estimate of drug-likeness (QED) is 0.00934. The number of hydrogen-bond donors (Lipinski definition) is 4. The second-order valence-corrected chi connectivity index (χ2v) is 14.7. The Kier molecular flexibility index (Phi) is 25.0. The smallest absolute Gasteiger partial charge is 0.313 e. The van der Waals surface area contributed by atoms with Crippen LogP contribution in [0.3, 0.4) is 0 Å². The monoisotopic (exact) mass is 896 g/mol. The van der Waals surface area contributed by atoms with Crippen LogP contribution in [0.1, 0.15) is 71.6 Å². The molecule has 2 fully saturated rings.